The maximum absolute atomic E-state index is 13.4. The van der Waals surface area contributed by atoms with Crippen molar-refractivity contribution in [3.05, 3.63) is 102 Å². The zero-order valence-electron chi connectivity index (χ0n) is 20.2. The molecule has 0 unspecified atom stereocenters. The number of carbonyl (C=O) groups is 1. The molecular weight excluding hydrogens is 436 g/mol. The summed E-state index contributed by atoms with van der Waals surface area (Å²) in [6.07, 6.45) is 2.67. The number of para-hydroxylation sites is 1. The average molecular weight is 469 g/mol. The van der Waals surface area contributed by atoms with Crippen molar-refractivity contribution in [2.75, 3.05) is 26.7 Å². The Morgan fingerprint density at radius 1 is 0.971 bits per heavy atom. The van der Waals surface area contributed by atoms with Crippen molar-refractivity contribution in [1.82, 2.24) is 9.80 Å². The van der Waals surface area contributed by atoms with Gasteiger partial charge < -0.3 is 19.0 Å². The third-order valence-electron chi connectivity index (χ3n) is 6.78. The first-order chi connectivity index (χ1) is 17.2. The largest absolute Gasteiger partial charge is 0.489 e. The van der Waals surface area contributed by atoms with Crippen LogP contribution in [0.2, 0.25) is 0 Å². The number of likely N-dealkylation sites (N-methyl/N-ethyl adjacent to an activating group) is 1. The van der Waals surface area contributed by atoms with Crippen molar-refractivity contribution < 1.29 is 13.9 Å². The lowest BCUT2D eigenvalue weighted by atomic mass is 10.0. The van der Waals surface area contributed by atoms with Crippen LogP contribution in [-0.2, 0) is 17.8 Å². The molecule has 1 aromatic heterocycles. The second-order valence-electron chi connectivity index (χ2n) is 9.30. The number of nitrogens with zero attached hydrogens (tertiary/aromatic N) is 2. The highest BCUT2D eigenvalue weighted by Gasteiger charge is 2.26. The number of likely N-dealkylation sites (tertiary alicyclic amines) is 1. The molecule has 35 heavy (non-hydrogen) atoms. The molecule has 4 aromatic rings. The summed E-state index contributed by atoms with van der Waals surface area (Å²) in [4.78, 5) is 17.7. The Balaban J connectivity index is 1.33. The monoisotopic (exact) mass is 468 g/mol. The van der Waals surface area contributed by atoms with Gasteiger partial charge in [-0.15, -0.1) is 0 Å². The second kappa shape index (κ2) is 10.8. The maximum atomic E-state index is 13.4. The third kappa shape index (κ3) is 5.75. The standard InChI is InChI=1S/C30H32N2O3/c1-31(30(33)20-27-19-25-12-5-6-15-29(25)35-27)28(21-32-16-7-8-17-32)24-13-9-14-26(18-24)34-22-23-10-3-2-4-11-23/h2-6,9-15,18-19,28H,7-8,16-17,20-22H2,1H3/t28-/m1/s1. The van der Waals surface area contributed by atoms with Crippen molar-refractivity contribution in [2.24, 2.45) is 0 Å². The molecule has 5 rings (SSSR count). The van der Waals surface area contributed by atoms with Crippen LogP contribution in [0.1, 0.15) is 35.8 Å². The van der Waals surface area contributed by atoms with E-state index in [4.69, 9.17) is 9.15 Å². The summed E-state index contributed by atoms with van der Waals surface area (Å²) < 4.78 is 12.0. The van der Waals surface area contributed by atoms with Gasteiger partial charge in [-0.2, -0.15) is 0 Å². The number of carbonyl (C=O) groups excluding carboxylic acids is 1. The molecule has 1 aliphatic heterocycles. The predicted octanol–water partition coefficient (Wildman–Crippen LogP) is 5.85. The first-order valence-electron chi connectivity index (χ1n) is 12.4. The Labute approximate surface area is 206 Å². The second-order valence-corrected chi connectivity index (χ2v) is 9.30. The Bertz CT molecular complexity index is 1230. The van der Waals surface area contributed by atoms with Crippen LogP contribution in [0.15, 0.2) is 89.3 Å². The van der Waals surface area contributed by atoms with E-state index >= 15 is 0 Å². The number of furan rings is 1. The van der Waals surface area contributed by atoms with E-state index in [0.717, 1.165) is 47.5 Å². The molecule has 180 valence electrons. The normalized spacial score (nSPS) is 14.8. The van der Waals surface area contributed by atoms with Gasteiger partial charge in [0.2, 0.25) is 5.91 Å². The lowest BCUT2D eigenvalue weighted by Gasteiger charge is -2.32. The summed E-state index contributed by atoms with van der Waals surface area (Å²) in [5.74, 6) is 1.56. The SMILES string of the molecule is CN(C(=O)Cc1cc2ccccc2o1)[C@H](CN1CCCC1)c1cccc(OCc2ccccc2)c1. The molecular formula is C30H32N2O3. The van der Waals surface area contributed by atoms with E-state index in [9.17, 15) is 4.79 Å². The third-order valence-corrected chi connectivity index (χ3v) is 6.78. The Morgan fingerprint density at radius 3 is 2.54 bits per heavy atom. The van der Waals surface area contributed by atoms with Crippen LogP contribution in [0, 0.1) is 0 Å². The quantitative estimate of drug-likeness (QED) is 0.309. The number of rotatable bonds is 9. The van der Waals surface area contributed by atoms with Gasteiger partial charge in [0.1, 0.15) is 23.7 Å². The molecule has 2 heterocycles. The zero-order valence-corrected chi connectivity index (χ0v) is 20.2. The van der Waals surface area contributed by atoms with Crippen molar-refractivity contribution in [1.29, 1.82) is 0 Å². The van der Waals surface area contributed by atoms with Gasteiger partial charge in [-0.1, -0.05) is 60.7 Å². The van der Waals surface area contributed by atoms with E-state index in [-0.39, 0.29) is 18.4 Å². The number of benzene rings is 3. The number of ether oxygens (including phenoxy) is 1. The summed E-state index contributed by atoms with van der Waals surface area (Å²) in [6.45, 7) is 3.48. The number of amides is 1. The molecule has 0 aliphatic carbocycles. The summed E-state index contributed by atoms with van der Waals surface area (Å²) in [6, 6.07) is 28.1. The molecule has 0 N–H and O–H groups in total. The van der Waals surface area contributed by atoms with Gasteiger partial charge in [0, 0.05) is 19.0 Å². The van der Waals surface area contributed by atoms with E-state index in [1.54, 1.807) is 0 Å². The fourth-order valence-electron chi connectivity index (χ4n) is 4.79. The van der Waals surface area contributed by atoms with E-state index < -0.39 is 0 Å². The molecule has 1 fully saturated rings. The highest BCUT2D eigenvalue weighted by molar-refractivity contribution is 5.82. The van der Waals surface area contributed by atoms with E-state index in [1.807, 2.05) is 72.6 Å². The van der Waals surface area contributed by atoms with Gasteiger partial charge in [-0.25, -0.2) is 0 Å². The number of hydrogen-bond acceptors (Lipinski definition) is 4. The highest BCUT2D eigenvalue weighted by Crippen LogP contribution is 2.28. The summed E-state index contributed by atoms with van der Waals surface area (Å²) in [5.41, 5.74) is 3.03. The average Bonchev–Trinajstić information content (AvgIpc) is 3.56. The fourth-order valence-corrected chi connectivity index (χ4v) is 4.79. The minimum atomic E-state index is -0.0646. The van der Waals surface area contributed by atoms with Crippen LogP contribution < -0.4 is 4.74 Å². The molecule has 1 aliphatic rings. The topological polar surface area (TPSA) is 45.9 Å². The molecule has 0 saturated carbocycles. The van der Waals surface area contributed by atoms with E-state index in [2.05, 4.69) is 29.2 Å². The predicted molar refractivity (Wildman–Crippen MR) is 138 cm³/mol. The lowest BCUT2D eigenvalue weighted by molar-refractivity contribution is -0.132. The molecule has 0 bridgehead atoms. The Kier molecular flexibility index (Phi) is 7.15. The minimum Gasteiger partial charge on any atom is -0.489 e. The fraction of sp³-hybridized carbons (Fsp3) is 0.300. The first-order valence-corrected chi connectivity index (χ1v) is 12.4. The first kappa shape index (κ1) is 23.2. The number of fused-ring (bicyclic) bond motifs is 1. The smallest absolute Gasteiger partial charge is 0.230 e. The zero-order chi connectivity index (χ0) is 24.0. The van der Waals surface area contributed by atoms with Crippen LogP contribution in [0.5, 0.6) is 5.75 Å². The van der Waals surface area contributed by atoms with Gasteiger partial charge in [-0.05, 0) is 61.3 Å². The van der Waals surface area contributed by atoms with Crippen molar-refractivity contribution in [2.45, 2.75) is 31.9 Å². The highest BCUT2D eigenvalue weighted by atomic mass is 16.5. The van der Waals surface area contributed by atoms with Gasteiger partial charge in [-0.3, -0.25) is 4.79 Å². The number of hydrogen-bond donors (Lipinski definition) is 0. The van der Waals surface area contributed by atoms with Crippen molar-refractivity contribution in [3.63, 3.8) is 0 Å². The molecule has 1 saturated heterocycles. The van der Waals surface area contributed by atoms with Crippen LogP contribution in [0.25, 0.3) is 11.0 Å². The van der Waals surface area contributed by atoms with Gasteiger partial charge in [0.15, 0.2) is 0 Å². The molecule has 1 amide bonds. The molecule has 5 heteroatoms. The maximum Gasteiger partial charge on any atom is 0.230 e. The van der Waals surface area contributed by atoms with E-state index in [1.165, 1.54) is 12.8 Å². The van der Waals surface area contributed by atoms with Crippen LogP contribution in [0.3, 0.4) is 0 Å². The molecule has 0 spiro atoms. The molecule has 1 atom stereocenters. The van der Waals surface area contributed by atoms with E-state index in [0.29, 0.717) is 12.4 Å². The molecule has 0 radical (unpaired) electrons. The molecule has 5 nitrogen and oxygen atoms in total. The lowest BCUT2D eigenvalue weighted by Crippen LogP contribution is -2.39. The van der Waals surface area contributed by atoms with Gasteiger partial charge in [0.25, 0.3) is 0 Å². The Hall–Kier alpha value is -3.57. The van der Waals surface area contributed by atoms with Gasteiger partial charge >= 0.3 is 0 Å². The van der Waals surface area contributed by atoms with Crippen LogP contribution >= 0.6 is 0 Å². The van der Waals surface area contributed by atoms with Crippen molar-refractivity contribution in [3.8, 4) is 5.75 Å². The Morgan fingerprint density at radius 2 is 1.74 bits per heavy atom. The van der Waals surface area contributed by atoms with Crippen molar-refractivity contribution >= 4 is 16.9 Å². The van der Waals surface area contributed by atoms with Crippen LogP contribution in [-0.4, -0.2) is 42.4 Å². The summed E-state index contributed by atoms with van der Waals surface area (Å²) in [7, 11) is 1.91. The van der Waals surface area contributed by atoms with Crippen LogP contribution in [0.4, 0.5) is 0 Å². The summed E-state index contributed by atoms with van der Waals surface area (Å²) in [5, 5.41) is 1.02. The minimum absolute atomic E-state index is 0.0452. The summed E-state index contributed by atoms with van der Waals surface area (Å²) >= 11 is 0. The van der Waals surface area contributed by atoms with Gasteiger partial charge in [0.05, 0.1) is 12.5 Å². The molecule has 3 aromatic carbocycles.